The minimum absolute atomic E-state index is 0.174. The van der Waals surface area contributed by atoms with Crippen LogP contribution in [0, 0.1) is 0 Å². The van der Waals surface area contributed by atoms with Crippen molar-refractivity contribution in [1.29, 1.82) is 0 Å². The summed E-state index contributed by atoms with van der Waals surface area (Å²) in [6.45, 7) is 2.27. The van der Waals surface area contributed by atoms with Gasteiger partial charge < -0.3 is 0 Å². The third kappa shape index (κ3) is 5.00. The molecule has 2 heteroatoms. The number of rotatable bonds is 7. The molecule has 0 amide bonds. The van der Waals surface area contributed by atoms with Crippen molar-refractivity contribution in [3.63, 3.8) is 0 Å². The quantitative estimate of drug-likeness (QED) is 0.383. The van der Waals surface area contributed by atoms with E-state index in [0.717, 1.165) is 5.56 Å². The third-order valence-corrected chi connectivity index (χ3v) is 7.00. The van der Waals surface area contributed by atoms with Gasteiger partial charge >= 0.3 is 0 Å². The van der Waals surface area contributed by atoms with E-state index < -0.39 is 7.92 Å². The molecule has 0 aliphatic carbocycles. The number of carbonyl (C=O) groups excluding carboxylic acids is 1. The van der Waals surface area contributed by atoms with E-state index in [4.69, 9.17) is 0 Å². The molecule has 0 N–H and O–H groups in total. The maximum atomic E-state index is 12.7. The molecule has 3 aromatic rings. The van der Waals surface area contributed by atoms with E-state index in [1.54, 1.807) is 6.08 Å². The molecule has 0 radical (unpaired) electrons. The minimum atomic E-state index is -0.468. The topological polar surface area (TPSA) is 17.1 Å². The van der Waals surface area contributed by atoms with Crippen molar-refractivity contribution in [1.82, 2.24) is 0 Å². The summed E-state index contributed by atoms with van der Waals surface area (Å²) in [5, 5.41) is 1.33. The maximum absolute atomic E-state index is 12.7. The van der Waals surface area contributed by atoms with E-state index in [0.29, 0.717) is 6.42 Å². The molecule has 0 fully saturated rings. The van der Waals surface area contributed by atoms with Crippen LogP contribution in [0.1, 0.15) is 23.2 Å². The molecule has 3 rings (SSSR count). The molecule has 0 saturated carbocycles. The highest BCUT2D eigenvalue weighted by Crippen LogP contribution is 2.49. The molecule has 0 heterocycles. The van der Waals surface area contributed by atoms with Gasteiger partial charge in [0.2, 0.25) is 0 Å². The summed E-state index contributed by atoms with van der Waals surface area (Å²) in [6, 6.07) is 30.9. The minimum Gasteiger partial charge on any atom is -0.295 e. The molecule has 26 heavy (non-hydrogen) atoms. The molecular formula is C24H23OP. The highest BCUT2D eigenvalue weighted by atomic mass is 31.1. The summed E-state index contributed by atoms with van der Waals surface area (Å²) >= 11 is 0. The highest BCUT2D eigenvalue weighted by Gasteiger charge is 2.22. The van der Waals surface area contributed by atoms with Crippen molar-refractivity contribution in [3.05, 3.63) is 108 Å². The normalized spacial score (nSPS) is 13.4. The highest BCUT2D eigenvalue weighted by molar-refractivity contribution is 7.65. The van der Waals surface area contributed by atoms with Crippen LogP contribution in [0.2, 0.25) is 0 Å². The third-order valence-electron chi connectivity index (χ3n) is 4.47. The molecule has 0 bridgehead atoms. The average Bonchev–Trinajstić information content (AvgIpc) is 2.72. The number of carbonyl (C=O) groups is 1. The van der Waals surface area contributed by atoms with Gasteiger partial charge in [0.1, 0.15) is 0 Å². The Bertz CT molecular complexity index is 841. The SMILES string of the molecule is CP(c1ccccc1)C(CC(=O)C=Cc1ccccc1)c1ccccc1. The zero-order valence-electron chi connectivity index (χ0n) is 15.0. The Kier molecular flexibility index (Phi) is 6.52. The van der Waals surface area contributed by atoms with Gasteiger partial charge in [-0.2, -0.15) is 0 Å². The van der Waals surface area contributed by atoms with E-state index in [-0.39, 0.29) is 11.4 Å². The van der Waals surface area contributed by atoms with Gasteiger partial charge in [-0.15, -0.1) is 0 Å². The standard InChI is InChI=1S/C24H23OP/c1-26(23-15-9-4-10-16-23)24(21-13-7-3-8-14-21)19-22(25)18-17-20-11-5-2-6-12-20/h2-18,24H,19H2,1H3. The summed E-state index contributed by atoms with van der Waals surface area (Å²) in [7, 11) is -0.468. The Morgan fingerprint density at radius 2 is 1.38 bits per heavy atom. The lowest BCUT2D eigenvalue weighted by atomic mass is 10.1. The fourth-order valence-corrected chi connectivity index (χ4v) is 5.08. The Balaban J connectivity index is 1.80. The number of ketones is 1. The first-order chi connectivity index (χ1) is 12.7. The summed E-state index contributed by atoms with van der Waals surface area (Å²) in [5.41, 5.74) is 2.52. The van der Waals surface area contributed by atoms with Crippen LogP contribution in [0.3, 0.4) is 0 Å². The van der Waals surface area contributed by atoms with Gasteiger partial charge in [-0.05, 0) is 29.2 Å². The van der Waals surface area contributed by atoms with Crippen LogP contribution in [-0.4, -0.2) is 12.4 Å². The average molecular weight is 358 g/mol. The largest absolute Gasteiger partial charge is 0.295 e. The van der Waals surface area contributed by atoms with Gasteiger partial charge in [0, 0.05) is 12.1 Å². The molecule has 3 aromatic carbocycles. The van der Waals surface area contributed by atoms with Crippen molar-refractivity contribution < 1.29 is 4.79 Å². The number of hydrogen-bond donors (Lipinski definition) is 0. The second-order valence-corrected chi connectivity index (χ2v) is 8.65. The van der Waals surface area contributed by atoms with Crippen LogP contribution in [0.5, 0.6) is 0 Å². The van der Waals surface area contributed by atoms with Gasteiger partial charge in [-0.1, -0.05) is 105 Å². The lowest BCUT2D eigenvalue weighted by Crippen LogP contribution is -2.10. The molecule has 2 unspecified atom stereocenters. The van der Waals surface area contributed by atoms with Crippen LogP contribution in [-0.2, 0) is 4.79 Å². The number of hydrogen-bond acceptors (Lipinski definition) is 1. The van der Waals surface area contributed by atoms with Crippen LogP contribution in [0.15, 0.2) is 97.1 Å². The molecule has 0 spiro atoms. The van der Waals surface area contributed by atoms with Crippen molar-refractivity contribution in [2.75, 3.05) is 6.66 Å². The molecule has 1 nitrogen and oxygen atoms in total. The smallest absolute Gasteiger partial charge is 0.156 e. The van der Waals surface area contributed by atoms with Crippen molar-refractivity contribution in [2.45, 2.75) is 12.1 Å². The van der Waals surface area contributed by atoms with E-state index in [2.05, 4.69) is 55.2 Å². The summed E-state index contributed by atoms with van der Waals surface area (Å²) in [4.78, 5) is 12.7. The first-order valence-corrected chi connectivity index (χ1v) is 10.7. The molecule has 0 aliphatic heterocycles. The number of allylic oxidation sites excluding steroid dienone is 1. The van der Waals surface area contributed by atoms with Gasteiger partial charge in [-0.25, -0.2) is 0 Å². The second kappa shape index (κ2) is 9.27. The Labute approximate surface area is 157 Å². The first kappa shape index (κ1) is 18.3. The lowest BCUT2D eigenvalue weighted by molar-refractivity contribution is -0.114. The second-order valence-electron chi connectivity index (χ2n) is 6.29. The van der Waals surface area contributed by atoms with E-state index in [1.165, 1.54) is 10.9 Å². The Morgan fingerprint density at radius 1 is 0.846 bits per heavy atom. The van der Waals surface area contributed by atoms with E-state index in [9.17, 15) is 4.79 Å². The van der Waals surface area contributed by atoms with Gasteiger partial charge in [0.05, 0.1) is 0 Å². The van der Waals surface area contributed by atoms with Gasteiger partial charge in [0.25, 0.3) is 0 Å². The zero-order chi connectivity index (χ0) is 18.2. The molecule has 0 aliphatic rings. The maximum Gasteiger partial charge on any atom is 0.156 e. The summed E-state index contributed by atoms with van der Waals surface area (Å²) < 4.78 is 0. The van der Waals surface area contributed by atoms with Crippen molar-refractivity contribution >= 4 is 25.1 Å². The van der Waals surface area contributed by atoms with Crippen molar-refractivity contribution in [3.8, 4) is 0 Å². The van der Waals surface area contributed by atoms with Crippen LogP contribution in [0.25, 0.3) is 6.08 Å². The van der Waals surface area contributed by atoms with Crippen LogP contribution >= 0.6 is 7.92 Å². The molecule has 0 saturated heterocycles. The predicted octanol–water partition coefficient (Wildman–Crippen LogP) is 5.84. The van der Waals surface area contributed by atoms with E-state index >= 15 is 0 Å². The zero-order valence-corrected chi connectivity index (χ0v) is 15.8. The van der Waals surface area contributed by atoms with Gasteiger partial charge in [-0.3, -0.25) is 4.79 Å². The van der Waals surface area contributed by atoms with Gasteiger partial charge in [0.15, 0.2) is 5.78 Å². The summed E-state index contributed by atoms with van der Waals surface area (Å²) in [5.74, 6) is 0.174. The Hall–Kier alpha value is -2.50. The Morgan fingerprint density at radius 3 is 2.00 bits per heavy atom. The van der Waals surface area contributed by atoms with E-state index in [1.807, 2.05) is 48.5 Å². The first-order valence-electron chi connectivity index (χ1n) is 8.83. The number of benzene rings is 3. The molecule has 0 aromatic heterocycles. The predicted molar refractivity (Wildman–Crippen MR) is 113 cm³/mol. The fraction of sp³-hybridized carbons (Fsp3) is 0.125. The van der Waals surface area contributed by atoms with Crippen LogP contribution < -0.4 is 5.30 Å². The monoisotopic (exact) mass is 358 g/mol. The lowest BCUT2D eigenvalue weighted by Gasteiger charge is -2.24. The van der Waals surface area contributed by atoms with Crippen molar-refractivity contribution in [2.24, 2.45) is 0 Å². The molecule has 130 valence electrons. The molecule has 2 atom stereocenters. The molecular weight excluding hydrogens is 335 g/mol. The fourth-order valence-electron chi connectivity index (χ4n) is 3.01. The van der Waals surface area contributed by atoms with Crippen LogP contribution in [0.4, 0.5) is 0 Å². The summed E-state index contributed by atoms with van der Waals surface area (Å²) in [6.07, 6.45) is 4.16.